The van der Waals surface area contributed by atoms with Crippen LogP contribution in [0.4, 0.5) is 5.00 Å². The van der Waals surface area contributed by atoms with Crippen LogP contribution in [0.15, 0.2) is 76.2 Å². The number of carbonyl (C=O) groups is 1. The van der Waals surface area contributed by atoms with Crippen molar-refractivity contribution in [2.45, 2.75) is 32.9 Å². The highest BCUT2D eigenvalue weighted by atomic mass is 79.9. The number of benzene rings is 3. The molecule has 1 N–H and O–H groups in total. The lowest BCUT2D eigenvalue weighted by Gasteiger charge is -2.38. The molecule has 2 heterocycles. The fraction of sp³-hybridized carbons (Fsp3) is 0.214. The summed E-state index contributed by atoms with van der Waals surface area (Å²) in [7, 11) is 1.65. The molecule has 1 aliphatic heterocycles. The van der Waals surface area contributed by atoms with Gasteiger partial charge in [-0.1, -0.05) is 65.3 Å². The number of rotatable bonds is 7. The Morgan fingerprint density at radius 3 is 2.60 bits per heavy atom. The van der Waals surface area contributed by atoms with Crippen molar-refractivity contribution < 1.29 is 19.1 Å². The summed E-state index contributed by atoms with van der Waals surface area (Å²) < 4.78 is 7.38. The second-order valence-electron chi connectivity index (χ2n) is 8.75. The van der Waals surface area contributed by atoms with E-state index in [4.69, 9.17) is 9.73 Å². The molecule has 3 aromatic carbocycles. The predicted octanol–water partition coefficient (Wildman–Crippen LogP) is 7.58. The van der Waals surface area contributed by atoms with Gasteiger partial charge in [-0.3, -0.25) is 0 Å². The topological polar surface area (TPSA) is 58.9 Å². The third-order valence-corrected chi connectivity index (χ3v) is 8.07. The number of hydrogen-bond acceptors (Lipinski definition) is 5. The quantitative estimate of drug-likeness (QED) is 0.241. The first-order valence-electron chi connectivity index (χ1n) is 11.6. The highest BCUT2D eigenvalue weighted by Crippen LogP contribution is 2.47. The van der Waals surface area contributed by atoms with Crippen LogP contribution in [-0.2, 0) is 13.1 Å². The molecule has 35 heavy (non-hydrogen) atoms. The molecule has 178 valence electrons. The van der Waals surface area contributed by atoms with Crippen molar-refractivity contribution in [3.05, 3.63) is 87.9 Å². The lowest BCUT2D eigenvalue weighted by atomic mass is 10.0. The maximum absolute atomic E-state index is 14.7. The van der Waals surface area contributed by atoms with Gasteiger partial charge in [0.1, 0.15) is 35.2 Å². The van der Waals surface area contributed by atoms with Crippen LogP contribution in [0.5, 0.6) is 11.5 Å². The molecule has 1 unspecified atom stereocenters. The SMILES string of the molecule is CCCC1=Nc2sc3c(O)cccc3c2C(=O)[N+]1(Cc1ccccc1)Cc1cc(Br)ccc1OC. The minimum atomic E-state index is 0.00109. The number of aliphatic imine (C=N–C) groups is 1. The molecule has 4 aromatic rings. The molecule has 0 fully saturated rings. The summed E-state index contributed by atoms with van der Waals surface area (Å²) in [5.41, 5.74) is 2.58. The summed E-state index contributed by atoms with van der Waals surface area (Å²) in [6, 6.07) is 21.3. The van der Waals surface area contributed by atoms with Gasteiger partial charge < -0.3 is 9.84 Å². The molecular formula is C28H26BrN2O3S+. The number of ether oxygens (including phenoxy) is 1. The number of quaternary nitrogens is 1. The Balaban J connectivity index is 1.76. The average molecular weight is 550 g/mol. The van der Waals surface area contributed by atoms with Gasteiger partial charge >= 0.3 is 5.91 Å². The van der Waals surface area contributed by atoms with E-state index in [0.717, 1.165) is 39.0 Å². The monoisotopic (exact) mass is 549 g/mol. The number of methoxy groups -OCH3 is 1. The van der Waals surface area contributed by atoms with Crippen molar-refractivity contribution >= 4 is 54.1 Å². The molecule has 0 spiro atoms. The third kappa shape index (κ3) is 4.18. The van der Waals surface area contributed by atoms with Gasteiger partial charge in [0.25, 0.3) is 0 Å². The van der Waals surface area contributed by atoms with Gasteiger partial charge in [-0.15, -0.1) is 11.3 Å². The first-order valence-corrected chi connectivity index (χ1v) is 13.2. The maximum Gasteiger partial charge on any atom is 0.356 e. The maximum atomic E-state index is 14.7. The first-order chi connectivity index (χ1) is 17.0. The zero-order valence-corrected chi connectivity index (χ0v) is 22.0. The molecule has 1 aromatic heterocycles. The number of thiophene rings is 1. The standard InChI is InChI=1S/C28H25BrN2O3S/c1-3-8-24-30-27-25(21-11-7-12-22(32)26(21)35-27)28(33)31(24,16-18-9-5-4-6-10-18)17-19-15-20(29)13-14-23(19)34-2/h4-7,9-15H,3,8,16-17H2,1-2H3/p+1. The Hall–Kier alpha value is -3.00. The summed E-state index contributed by atoms with van der Waals surface area (Å²) in [6.45, 7) is 2.99. The van der Waals surface area contributed by atoms with Crippen LogP contribution in [0.2, 0.25) is 0 Å². The van der Waals surface area contributed by atoms with Gasteiger partial charge in [-0.2, -0.15) is 4.99 Å². The van der Waals surface area contributed by atoms with Crippen molar-refractivity contribution in [1.29, 1.82) is 0 Å². The smallest absolute Gasteiger partial charge is 0.356 e. The molecule has 7 heteroatoms. The van der Waals surface area contributed by atoms with Gasteiger partial charge in [0, 0.05) is 21.8 Å². The van der Waals surface area contributed by atoms with E-state index in [1.807, 2.05) is 42.5 Å². The predicted molar refractivity (Wildman–Crippen MR) is 145 cm³/mol. The van der Waals surface area contributed by atoms with Gasteiger partial charge in [0.2, 0.25) is 5.84 Å². The summed E-state index contributed by atoms with van der Waals surface area (Å²) >= 11 is 4.97. The third-order valence-electron chi connectivity index (χ3n) is 6.46. The largest absolute Gasteiger partial charge is 0.506 e. The minimum absolute atomic E-state index is 0.00109. The number of hydrogen-bond donors (Lipinski definition) is 1. The van der Waals surface area contributed by atoms with Crippen molar-refractivity contribution in [3.63, 3.8) is 0 Å². The Kier molecular flexibility index (Phi) is 6.49. The summed E-state index contributed by atoms with van der Waals surface area (Å²) in [4.78, 5) is 19.8. The number of amidine groups is 1. The summed E-state index contributed by atoms with van der Waals surface area (Å²) in [5, 5.41) is 11.9. The van der Waals surface area contributed by atoms with E-state index >= 15 is 0 Å². The highest BCUT2D eigenvalue weighted by Gasteiger charge is 2.49. The zero-order valence-electron chi connectivity index (χ0n) is 19.6. The average Bonchev–Trinajstić information content (AvgIpc) is 3.23. The molecule has 1 atom stereocenters. The van der Waals surface area contributed by atoms with Gasteiger partial charge in [0.05, 0.1) is 17.4 Å². The van der Waals surface area contributed by atoms with Crippen LogP contribution in [0, 0.1) is 0 Å². The minimum Gasteiger partial charge on any atom is -0.506 e. The number of fused-ring (bicyclic) bond motifs is 3. The fourth-order valence-corrected chi connectivity index (χ4v) is 6.36. The Morgan fingerprint density at radius 2 is 1.86 bits per heavy atom. The van der Waals surface area contributed by atoms with E-state index < -0.39 is 0 Å². The van der Waals surface area contributed by atoms with Crippen LogP contribution in [-0.4, -0.2) is 28.4 Å². The number of nitrogens with zero attached hydrogens (tertiary/aromatic N) is 2. The van der Waals surface area contributed by atoms with Crippen LogP contribution in [0.25, 0.3) is 10.1 Å². The van der Waals surface area contributed by atoms with Gasteiger partial charge in [0.15, 0.2) is 0 Å². The zero-order chi connectivity index (χ0) is 24.6. The summed E-state index contributed by atoms with van der Waals surface area (Å²) in [6.07, 6.45) is 1.55. The molecular weight excluding hydrogens is 524 g/mol. The molecule has 1 aliphatic rings. The van der Waals surface area contributed by atoms with Crippen LogP contribution in [0.3, 0.4) is 0 Å². The van der Waals surface area contributed by atoms with E-state index in [0.29, 0.717) is 34.8 Å². The van der Waals surface area contributed by atoms with Crippen molar-refractivity contribution in [1.82, 2.24) is 0 Å². The number of halogens is 1. The Bertz CT molecular complexity index is 1450. The van der Waals surface area contributed by atoms with Crippen molar-refractivity contribution in [2.24, 2.45) is 4.99 Å². The number of amides is 1. The normalized spacial score (nSPS) is 17.3. The second-order valence-corrected chi connectivity index (χ2v) is 10.7. The molecule has 0 bridgehead atoms. The summed E-state index contributed by atoms with van der Waals surface area (Å²) in [5.74, 6) is 1.75. The van der Waals surface area contributed by atoms with Crippen LogP contribution in [0.1, 0.15) is 41.3 Å². The van der Waals surface area contributed by atoms with E-state index in [1.54, 1.807) is 19.2 Å². The van der Waals surface area contributed by atoms with Crippen molar-refractivity contribution in [3.8, 4) is 11.5 Å². The molecule has 0 radical (unpaired) electrons. The Morgan fingerprint density at radius 1 is 1.06 bits per heavy atom. The lowest BCUT2D eigenvalue weighted by Crippen LogP contribution is -2.57. The lowest BCUT2D eigenvalue weighted by molar-refractivity contribution is -0.788. The molecule has 1 amide bonds. The van der Waals surface area contributed by atoms with E-state index in [-0.39, 0.29) is 16.1 Å². The van der Waals surface area contributed by atoms with Crippen LogP contribution < -0.4 is 4.74 Å². The first kappa shape index (κ1) is 23.7. The van der Waals surface area contributed by atoms with E-state index in [2.05, 4.69) is 35.0 Å². The highest BCUT2D eigenvalue weighted by molar-refractivity contribution is 9.10. The van der Waals surface area contributed by atoms with Crippen molar-refractivity contribution in [2.75, 3.05) is 7.11 Å². The van der Waals surface area contributed by atoms with Gasteiger partial charge in [-0.25, -0.2) is 9.28 Å². The fourth-order valence-electron chi connectivity index (χ4n) is 4.85. The number of carbonyl (C=O) groups excluding carboxylic acids is 1. The number of phenolic OH excluding ortho intramolecular Hbond substituents is 1. The molecule has 0 saturated carbocycles. The number of aromatic hydroxyl groups is 1. The molecule has 0 saturated heterocycles. The van der Waals surface area contributed by atoms with Gasteiger partial charge in [-0.05, 0) is 30.7 Å². The van der Waals surface area contributed by atoms with Crippen LogP contribution >= 0.6 is 27.3 Å². The molecule has 5 nitrogen and oxygen atoms in total. The molecule has 5 rings (SSSR count). The Labute approximate surface area is 217 Å². The van der Waals surface area contributed by atoms with E-state index in [9.17, 15) is 9.90 Å². The van der Waals surface area contributed by atoms with E-state index in [1.165, 1.54) is 11.3 Å². The molecule has 0 aliphatic carbocycles. The number of phenols is 1. The second kappa shape index (κ2) is 9.57.